The summed E-state index contributed by atoms with van der Waals surface area (Å²) in [7, 11) is 3.22. The number of carbonyl (C=O) groups is 3. The number of likely N-dealkylation sites (N-methyl/N-ethyl adjacent to an activating group) is 1. The van der Waals surface area contributed by atoms with Crippen molar-refractivity contribution in [3.8, 4) is 0 Å². The van der Waals surface area contributed by atoms with Crippen molar-refractivity contribution in [3.05, 3.63) is 0 Å². The van der Waals surface area contributed by atoms with Gasteiger partial charge in [0.2, 0.25) is 11.8 Å². The van der Waals surface area contributed by atoms with Gasteiger partial charge in [0.15, 0.2) is 0 Å². The second-order valence-corrected chi connectivity index (χ2v) is 6.14. The second kappa shape index (κ2) is 12.0. The first-order valence-corrected chi connectivity index (χ1v) is 7.83. The number of amides is 3. The van der Waals surface area contributed by atoms with Crippen LogP contribution in [0.5, 0.6) is 0 Å². The molecule has 0 aliphatic carbocycles. The second-order valence-electron chi connectivity index (χ2n) is 6.14. The van der Waals surface area contributed by atoms with Gasteiger partial charge < -0.3 is 26.4 Å². The predicted octanol–water partition coefficient (Wildman–Crippen LogP) is -0.758. The molecule has 0 spiro atoms. The molecular formula is C15H31ClN4O4. The van der Waals surface area contributed by atoms with Crippen LogP contribution < -0.4 is 16.4 Å². The summed E-state index contributed by atoms with van der Waals surface area (Å²) < 4.78 is 0. The molecule has 0 aliphatic heterocycles. The van der Waals surface area contributed by atoms with Crippen molar-refractivity contribution in [1.29, 1.82) is 0 Å². The summed E-state index contributed by atoms with van der Waals surface area (Å²) in [6.45, 7) is 5.21. The summed E-state index contributed by atoms with van der Waals surface area (Å²) >= 11 is 0. The molecule has 24 heavy (non-hydrogen) atoms. The zero-order valence-corrected chi connectivity index (χ0v) is 15.9. The van der Waals surface area contributed by atoms with Gasteiger partial charge in [0.25, 0.3) is 5.91 Å². The predicted molar refractivity (Wildman–Crippen MR) is 94.6 cm³/mol. The molecule has 0 heterocycles. The van der Waals surface area contributed by atoms with Crippen LogP contribution in [0.4, 0.5) is 0 Å². The Hall–Kier alpha value is -1.38. The van der Waals surface area contributed by atoms with Crippen LogP contribution in [-0.4, -0.2) is 66.6 Å². The summed E-state index contributed by atoms with van der Waals surface area (Å²) in [5.74, 6) is -1.50. The highest BCUT2D eigenvalue weighted by atomic mass is 35.5. The zero-order valence-electron chi connectivity index (χ0n) is 15.0. The number of halogens is 1. The maximum absolute atomic E-state index is 12.0. The van der Waals surface area contributed by atoms with E-state index in [-0.39, 0.29) is 30.8 Å². The molecule has 1 unspecified atom stereocenters. The number of aliphatic hydroxyl groups is 1. The maximum Gasteiger partial charge on any atom is 0.250 e. The molecular weight excluding hydrogens is 336 g/mol. The van der Waals surface area contributed by atoms with Crippen LogP contribution in [0.2, 0.25) is 0 Å². The van der Waals surface area contributed by atoms with E-state index in [2.05, 4.69) is 10.6 Å². The summed E-state index contributed by atoms with van der Waals surface area (Å²) in [6.07, 6.45) is -0.102. The van der Waals surface area contributed by atoms with E-state index in [0.29, 0.717) is 6.42 Å². The summed E-state index contributed by atoms with van der Waals surface area (Å²) in [5.41, 5.74) is 5.67. The zero-order chi connectivity index (χ0) is 18.2. The van der Waals surface area contributed by atoms with E-state index < -0.39 is 30.0 Å². The largest absolute Gasteiger partial charge is 0.382 e. The van der Waals surface area contributed by atoms with E-state index in [1.165, 1.54) is 4.90 Å². The van der Waals surface area contributed by atoms with E-state index in [1.54, 1.807) is 14.1 Å². The monoisotopic (exact) mass is 366 g/mol. The van der Waals surface area contributed by atoms with Crippen molar-refractivity contribution in [1.82, 2.24) is 15.5 Å². The quantitative estimate of drug-likeness (QED) is 0.427. The molecule has 0 aliphatic rings. The summed E-state index contributed by atoms with van der Waals surface area (Å²) in [5, 5.41) is 14.6. The Balaban J connectivity index is 0. The molecule has 0 aromatic heterocycles. The number of nitrogens with one attached hydrogen (secondary N) is 2. The molecule has 0 rings (SSSR count). The van der Waals surface area contributed by atoms with Crippen LogP contribution in [0.3, 0.4) is 0 Å². The molecule has 0 radical (unpaired) electrons. The average Bonchev–Trinajstić information content (AvgIpc) is 2.48. The smallest absolute Gasteiger partial charge is 0.250 e. The van der Waals surface area contributed by atoms with Crippen LogP contribution in [-0.2, 0) is 14.4 Å². The Morgan fingerprint density at radius 2 is 1.75 bits per heavy atom. The van der Waals surface area contributed by atoms with Gasteiger partial charge in [-0.1, -0.05) is 27.2 Å². The fourth-order valence-electron chi connectivity index (χ4n) is 1.97. The molecule has 3 atom stereocenters. The lowest BCUT2D eigenvalue weighted by Gasteiger charge is -2.25. The molecule has 5 N–H and O–H groups in total. The minimum Gasteiger partial charge on any atom is -0.382 e. The Bertz CT molecular complexity index is 418. The molecule has 9 heteroatoms. The van der Waals surface area contributed by atoms with Crippen molar-refractivity contribution in [2.45, 2.75) is 51.8 Å². The van der Waals surface area contributed by atoms with E-state index in [1.807, 2.05) is 20.8 Å². The lowest BCUT2D eigenvalue weighted by molar-refractivity contribution is -0.136. The Morgan fingerprint density at radius 3 is 2.17 bits per heavy atom. The number of hydrogen-bond acceptors (Lipinski definition) is 5. The molecule has 8 nitrogen and oxygen atoms in total. The number of hydrogen-bond donors (Lipinski definition) is 4. The topological polar surface area (TPSA) is 125 Å². The van der Waals surface area contributed by atoms with Gasteiger partial charge in [-0.05, 0) is 12.3 Å². The van der Waals surface area contributed by atoms with Crippen LogP contribution in [0.25, 0.3) is 0 Å². The van der Waals surface area contributed by atoms with Crippen molar-refractivity contribution in [2.24, 2.45) is 11.7 Å². The highest BCUT2D eigenvalue weighted by Gasteiger charge is 2.26. The lowest BCUT2D eigenvalue weighted by Crippen LogP contribution is -2.53. The number of aliphatic hydroxyl groups excluding tert-OH is 1. The average molecular weight is 367 g/mol. The van der Waals surface area contributed by atoms with Gasteiger partial charge in [-0.3, -0.25) is 14.4 Å². The minimum atomic E-state index is -1.35. The van der Waals surface area contributed by atoms with Crippen LogP contribution in [0.1, 0.15) is 33.6 Å². The molecule has 0 aromatic rings. The standard InChI is InChI=1S/C15H30N4O4.ClH/c1-6-7-10(16)13(21)14(22)17-8-11(20)18-12(9(2)3)15(23)19(4)5;/h9-10,12-13,21H,6-8,16H2,1-5H3,(H,17,22)(H,18,20);1H/t10-,12-,13?;/m0./s1. The SMILES string of the molecule is CCC[C@H](N)C(O)C(=O)NCC(=O)N[C@H](C(=O)N(C)C)C(C)C.Cl. The van der Waals surface area contributed by atoms with Crippen molar-refractivity contribution in [2.75, 3.05) is 20.6 Å². The molecule has 0 aromatic carbocycles. The van der Waals surface area contributed by atoms with Crippen LogP contribution in [0.15, 0.2) is 0 Å². The Kier molecular flexibility index (Phi) is 12.5. The first kappa shape index (κ1) is 24.9. The highest BCUT2D eigenvalue weighted by molar-refractivity contribution is 5.91. The Morgan fingerprint density at radius 1 is 1.21 bits per heavy atom. The third-order valence-corrected chi connectivity index (χ3v) is 3.41. The molecule has 0 bridgehead atoms. The van der Waals surface area contributed by atoms with Gasteiger partial charge >= 0.3 is 0 Å². The Labute approximate surface area is 149 Å². The third-order valence-electron chi connectivity index (χ3n) is 3.41. The summed E-state index contributed by atoms with van der Waals surface area (Å²) in [6, 6.07) is -1.33. The van der Waals surface area contributed by atoms with Crippen molar-refractivity contribution < 1.29 is 19.5 Å². The first-order chi connectivity index (χ1) is 10.6. The normalized spacial score (nSPS) is 14.2. The minimum absolute atomic E-state index is 0. The number of rotatable bonds is 9. The fourth-order valence-corrected chi connectivity index (χ4v) is 1.97. The molecule has 0 saturated heterocycles. The third kappa shape index (κ3) is 8.47. The first-order valence-electron chi connectivity index (χ1n) is 7.83. The number of nitrogens with two attached hydrogens (primary N) is 1. The van der Waals surface area contributed by atoms with Crippen molar-refractivity contribution >= 4 is 30.1 Å². The number of nitrogens with zero attached hydrogens (tertiary/aromatic N) is 1. The van der Waals surface area contributed by atoms with E-state index >= 15 is 0 Å². The fraction of sp³-hybridized carbons (Fsp3) is 0.800. The molecule has 3 amide bonds. The van der Waals surface area contributed by atoms with Gasteiger partial charge in [-0.2, -0.15) is 0 Å². The van der Waals surface area contributed by atoms with Gasteiger partial charge in [-0.15, -0.1) is 12.4 Å². The summed E-state index contributed by atoms with van der Waals surface area (Å²) in [4.78, 5) is 37.0. The molecule has 142 valence electrons. The van der Waals surface area contributed by atoms with Gasteiger partial charge in [-0.25, -0.2) is 0 Å². The number of carbonyl (C=O) groups excluding carboxylic acids is 3. The molecule has 0 saturated carbocycles. The maximum atomic E-state index is 12.0. The van der Waals surface area contributed by atoms with Gasteiger partial charge in [0.1, 0.15) is 12.1 Å². The van der Waals surface area contributed by atoms with Crippen molar-refractivity contribution in [3.63, 3.8) is 0 Å². The highest BCUT2D eigenvalue weighted by Crippen LogP contribution is 2.04. The van der Waals surface area contributed by atoms with E-state index in [4.69, 9.17) is 5.73 Å². The van der Waals surface area contributed by atoms with E-state index in [9.17, 15) is 19.5 Å². The van der Waals surface area contributed by atoms with Gasteiger partial charge in [0, 0.05) is 20.1 Å². The van der Waals surface area contributed by atoms with Gasteiger partial charge in [0.05, 0.1) is 6.54 Å². The van der Waals surface area contributed by atoms with E-state index in [0.717, 1.165) is 6.42 Å². The molecule has 0 fully saturated rings. The van der Waals surface area contributed by atoms with Crippen LogP contribution >= 0.6 is 12.4 Å². The van der Waals surface area contributed by atoms with Crippen LogP contribution in [0, 0.1) is 5.92 Å². The lowest BCUT2D eigenvalue weighted by atomic mass is 10.0.